The van der Waals surface area contributed by atoms with Crippen molar-refractivity contribution in [3.63, 3.8) is 0 Å². The number of rotatable bonds is 9. The third-order valence-electron chi connectivity index (χ3n) is 4.85. The van der Waals surface area contributed by atoms with Crippen molar-refractivity contribution in [2.45, 2.75) is 0 Å². The molecular formula is C26H25N3O6. The second kappa shape index (κ2) is 11.9. The zero-order valence-electron chi connectivity index (χ0n) is 19.4. The van der Waals surface area contributed by atoms with Gasteiger partial charge >= 0.3 is 0 Å². The first-order valence-electron chi connectivity index (χ1n) is 10.5. The summed E-state index contributed by atoms with van der Waals surface area (Å²) in [6, 6.07) is 18.2. The third-order valence-corrected chi connectivity index (χ3v) is 4.85. The number of amides is 2. The highest BCUT2D eigenvalue weighted by molar-refractivity contribution is 6.05. The molecule has 0 bridgehead atoms. The van der Waals surface area contributed by atoms with Crippen LogP contribution in [0.2, 0.25) is 0 Å². The van der Waals surface area contributed by atoms with E-state index in [0.717, 1.165) is 0 Å². The van der Waals surface area contributed by atoms with Crippen molar-refractivity contribution >= 4 is 24.1 Å². The van der Waals surface area contributed by atoms with Crippen molar-refractivity contribution in [2.75, 3.05) is 21.3 Å². The molecule has 0 aliphatic heterocycles. The summed E-state index contributed by atoms with van der Waals surface area (Å²) in [5.41, 5.74) is 3.64. The van der Waals surface area contributed by atoms with Crippen LogP contribution in [0.1, 0.15) is 21.5 Å². The molecule has 9 heteroatoms. The summed E-state index contributed by atoms with van der Waals surface area (Å²) in [4.78, 5) is 25.6. The van der Waals surface area contributed by atoms with Gasteiger partial charge in [-0.2, -0.15) is 5.10 Å². The molecule has 0 spiro atoms. The van der Waals surface area contributed by atoms with E-state index in [2.05, 4.69) is 15.8 Å². The Kier molecular flexibility index (Phi) is 8.44. The Hall–Kier alpha value is -4.79. The van der Waals surface area contributed by atoms with Crippen molar-refractivity contribution in [1.29, 1.82) is 0 Å². The first-order valence-corrected chi connectivity index (χ1v) is 10.5. The maximum Gasteiger partial charge on any atom is 0.287 e. The number of phenolic OH excluding ortho intramolecular Hbond substituents is 1. The van der Waals surface area contributed by atoms with Gasteiger partial charge in [-0.25, -0.2) is 5.43 Å². The standard InChI is InChI=1S/C26H25N3O6/c1-33-20-11-10-19(22(30)15-20)16-27-29-26(32)21(28-25(31)18-7-5-4-6-8-18)13-17-9-12-23(34-2)24(14-17)35-3/h4-16,30H,1-3H3,(H,28,31)(H,29,32). The molecule has 3 N–H and O–H groups in total. The molecule has 0 saturated heterocycles. The largest absolute Gasteiger partial charge is 0.507 e. The quantitative estimate of drug-likeness (QED) is 0.248. The van der Waals surface area contributed by atoms with Gasteiger partial charge in [0.05, 0.1) is 27.5 Å². The smallest absolute Gasteiger partial charge is 0.287 e. The van der Waals surface area contributed by atoms with Gasteiger partial charge in [0.25, 0.3) is 11.8 Å². The van der Waals surface area contributed by atoms with Crippen molar-refractivity contribution < 1.29 is 28.9 Å². The highest BCUT2D eigenvalue weighted by Crippen LogP contribution is 2.28. The Labute approximate surface area is 202 Å². The number of methoxy groups -OCH3 is 3. The van der Waals surface area contributed by atoms with E-state index < -0.39 is 11.8 Å². The van der Waals surface area contributed by atoms with Crippen LogP contribution in [0.3, 0.4) is 0 Å². The maximum atomic E-state index is 12.9. The molecule has 3 rings (SSSR count). The van der Waals surface area contributed by atoms with Crippen LogP contribution in [-0.4, -0.2) is 44.5 Å². The number of carbonyl (C=O) groups is 2. The molecule has 2 amide bonds. The molecule has 0 atom stereocenters. The minimum absolute atomic E-state index is 0.0535. The predicted molar refractivity (Wildman–Crippen MR) is 132 cm³/mol. The monoisotopic (exact) mass is 475 g/mol. The number of ether oxygens (including phenoxy) is 3. The van der Waals surface area contributed by atoms with Crippen molar-refractivity contribution in [3.05, 3.63) is 89.1 Å². The van der Waals surface area contributed by atoms with Crippen molar-refractivity contribution in [2.24, 2.45) is 5.10 Å². The van der Waals surface area contributed by atoms with E-state index in [-0.39, 0.29) is 11.4 Å². The highest BCUT2D eigenvalue weighted by atomic mass is 16.5. The lowest BCUT2D eigenvalue weighted by atomic mass is 10.1. The summed E-state index contributed by atoms with van der Waals surface area (Å²) in [6.45, 7) is 0. The van der Waals surface area contributed by atoms with E-state index >= 15 is 0 Å². The molecule has 0 radical (unpaired) electrons. The number of aromatic hydroxyl groups is 1. The summed E-state index contributed by atoms with van der Waals surface area (Å²) in [5, 5.41) is 16.6. The minimum atomic E-state index is -0.673. The topological polar surface area (TPSA) is 118 Å². The molecule has 3 aromatic rings. The predicted octanol–water partition coefficient (Wildman–Crippen LogP) is 3.34. The van der Waals surface area contributed by atoms with Gasteiger partial charge in [0.2, 0.25) is 0 Å². The fraction of sp³-hybridized carbons (Fsp3) is 0.115. The lowest BCUT2D eigenvalue weighted by Gasteiger charge is -2.11. The first kappa shape index (κ1) is 24.8. The molecule has 9 nitrogen and oxygen atoms in total. The molecule has 0 aliphatic rings. The van der Waals surface area contributed by atoms with Gasteiger partial charge in [0, 0.05) is 17.2 Å². The van der Waals surface area contributed by atoms with E-state index in [1.807, 2.05) is 0 Å². The lowest BCUT2D eigenvalue weighted by Crippen LogP contribution is -2.32. The zero-order valence-corrected chi connectivity index (χ0v) is 19.4. The Bertz CT molecular complexity index is 1260. The van der Waals surface area contributed by atoms with Crippen LogP contribution < -0.4 is 25.0 Å². The fourth-order valence-electron chi connectivity index (χ4n) is 3.03. The highest BCUT2D eigenvalue weighted by Gasteiger charge is 2.15. The van der Waals surface area contributed by atoms with E-state index in [1.54, 1.807) is 60.7 Å². The number of hydrazone groups is 1. The fourth-order valence-corrected chi connectivity index (χ4v) is 3.03. The molecule has 0 aliphatic carbocycles. The summed E-state index contributed by atoms with van der Waals surface area (Å²) in [5.74, 6) is 0.252. The van der Waals surface area contributed by atoms with Gasteiger partial charge in [0.1, 0.15) is 17.2 Å². The van der Waals surface area contributed by atoms with Gasteiger partial charge in [0.15, 0.2) is 11.5 Å². The molecule has 0 heterocycles. The molecule has 180 valence electrons. The molecule has 0 aromatic heterocycles. The summed E-state index contributed by atoms with van der Waals surface area (Å²) < 4.78 is 15.6. The number of hydrogen-bond acceptors (Lipinski definition) is 7. The van der Waals surface area contributed by atoms with Crippen molar-refractivity contribution in [1.82, 2.24) is 10.7 Å². The number of nitrogens with zero attached hydrogens (tertiary/aromatic N) is 1. The Morgan fingerprint density at radius 3 is 2.29 bits per heavy atom. The van der Waals surface area contributed by atoms with Crippen LogP contribution in [0.4, 0.5) is 0 Å². The Morgan fingerprint density at radius 2 is 1.63 bits per heavy atom. The number of phenols is 1. The average Bonchev–Trinajstić information content (AvgIpc) is 2.89. The Morgan fingerprint density at radius 1 is 0.886 bits per heavy atom. The Balaban J connectivity index is 1.86. The van der Waals surface area contributed by atoms with E-state index in [1.165, 1.54) is 39.7 Å². The second-order valence-corrected chi connectivity index (χ2v) is 7.12. The van der Waals surface area contributed by atoms with Crippen LogP contribution in [0.15, 0.2) is 77.5 Å². The molecule has 0 saturated carbocycles. The minimum Gasteiger partial charge on any atom is -0.507 e. The van der Waals surface area contributed by atoms with E-state index in [9.17, 15) is 14.7 Å². The summed E-state index contributed by atoms with van der Waals surface area (Å²) in [6.07, 6.45) is 2.76. The van der Waals surface area contributed by atoms with E-state index in [4.69, 9.17) is 14.2 Å². The van der Waals surface area contributed by atoms with Crippen molar-refractivity contribution in [3.8, 4) is 23.0 Å². The zero-order chi connectivity index (χ0) is 25.2. The molecule has 0 unspecified atom stereocenters. The van der Waals surface area contributed by atoms with Gasteiger partial charge in [-0.05, 0) is 48.0 Å². The SMILES string of the molecule is COc1ccc(C=NNC(=O)C(=Cc2ccc(OC)c(OC)c2)NC(=O)c2ccccc2)c(O)c1. The van der Waals surface area contributed by atoms with Gasteiger partial charge in [-0.15, -0.1) is 0 Å². The third kappa shape index (κ3) is 6.61. The van der Waals surface area contributed by atoms with Crippen LogP contribution in [0.25, 0.3) is 6.08 Å². The maximum absolute atomic E-state index is 12.9. The second-order valence-electron chi connectivity index (χ2n) is 7.12. The van der Waals surface area contributed by atoms with Crippen LogP contribution >= 0.6 is 0 Å². The summed E-state index contributed by atoms with van der Waals surface area (Å²) in [7, 11) is 4.50. The molecular weight excluding hydrogens is 450 g/mol. The van der Waals surface area contributed by atoms with Gasteiger partial charge < -0.3 is 24.6 Å². The molecule has 35 heavy (non-hydrogen) atoms. The number of hydrogen-bond donors (Lipinski definition) is 3. The average molecular weight is 476 g/mol. The number of nitrogens with one attached hydrogen (secondary N) is 2. The molecule has 3 aromatic carbocycles. The normalized spacial score (nSPS) is 11.1. The van der Waals surface area contributed by atoms with Gasteiger partial charge in [-0.3, -0.25) is 9.59 Å². The summed E-state index contributed by atoms with van der Waals surface area (Å²) >= 11 is 0. The molecule has 0 fully saturated rings. The van der Waals surface area contributed by atoms with Gasteiger partial charge in [-0.1, -0.05) is 24.3 Å². The number of carbonyl (C=O) groups excluding carboxylic acids is 2. The van der Waals surface area contributed by atoms with Crippen LogP contribution in [0, 0.1) is 0 Å². The first-order chi connectivity index (χ1) is 16.9. The van der Waals surface area contributed by atoms with E-state index in [0.29, 0.717) is 33.9 Å². The lowest BCUT2D eigenvalue weighted by molar-refractivity contribution is -0.117. The van der Waals surface area contributed by atoms with Crippen LogP contribution in [-0.2, 0) is 4.79 Å². The number of benzene rings is 3. The van der Waals surface area contributed by atoms with Crippen LogP contribution in [0.5, 0.6) is 23.0 Å².